The lowest BCUT2D eigenvalue weighted by atomic mass is 10.2. The van der Waals surface area contributed by atoms with E-state index in [1.165, 1.54) is 48.5 Å². The Kier molecular flexibility index (Phi) is 7.01. The highest BCUT2D eigenvalue weighted by Gasteiger charge is 2.17. The quantitative estimate of drug-likeness (QED) is 0.759. The van der Waals surface area contributed by atoms with Crippen molar-refractivity contribution in [3.63, 3.8) is 0 Å². The Hall–Kier alpha value is -2.34. The predicted molar refractivity (Wildman–Crippen MR) is 97.9 cm³/mol. The molecule has 0 bridgehead atoms. The second-order valence-corrected chi connectivity index (χ2v) is 6.59. The van der Waals surface area contributed by atoms with Crippen LogP contribution in [0.4, 0.5) is 10.1 Å². The monoisotopic (exact) mass is 361 g/mol. The molecule has 132 valence electrons. The standard InChI is InChI=1S/C19H20FNO3S/c1-13-3-5-15(6-4-13)11-25-12-18(22)24-14(2)19(23)21-17-9-7-16(20)8-10-17/h3-10,14H,11-12H2,1-2H3,(H,21,23)/t14-/m0/s1. The molecule has 0 aliphatic carbocycles. The van der Waals surface area contributed by atoms with E-state index in [2.05, 4.69) is 5.32 Å². The van der Waals surface area contributed by atoms with Crippen LogP contribution in [0.2, 0.25) is 0 Å². The number of rotatable bonds is 7. The predicted octanol–water partition coefficient (Wildman–Crippen LogP) is 3.94. The van der Waals surface area contributed by atoms with Crippen LogP contribution in [0.3, 0.4) is 0 Å². The molecular formula is C19H20FNO3S. The Morgan fingerprint density at radius 1 is 1.12 bits per heavy atom. The van der Waals surface area contributed by atoms with E-state index in [1.54, 1.807) is 0 Å². The number of carbonyl (C=O) groups excluding carboxylic acids is 2. The summed E-state index contributed by atoms with van der Waals surface area (Å²) in [5.74, 6) is -0.418. The van der Waals surface area contributed by atoms with Crippen molar-refractivity contribution >= 4 is 29.3 Å². The van der Waals surface area contributed by atoms with Crippen molar-refractivity contribution in [1.29, 1.82) is 0 Å². The van der Waals surface area contributed by atoms with Crippen LogP contribution in [0.1, 0.15) is 18.1 Å². The van der Waals surface area contributed by atoms with E-state index in [0.717, 1.165) is 5.56 Å². The van der Waals surface area contributed by atoms with Gasteiger partial charge >= 0.3 is 5.97 Å². The molecule has 4 nitrogen and oxygen atoms in total. The van der Waals surface area contributed by atoms with Crippen molar-refractivity contribution < 1.29 is 18.7 Å². The highest BCUT2D eigenvalue weighted by molar-refractivity contribution is 7.99. The third-order valence-electron chi connectivity index (χ3n) is 3.40. The summed E-state index contributed by atoms with van der Waals surface area (Å²) in [6, 6.07) is 13.5. The number of anilines is 1. The highest BCUT2D eigenvalue weighted by Crippen LogP contribution is 2.14. The van der Waals surface area contributed by atoms with Gasteiger partial charge in [-0.2, -0.15) is 0 Å². The molecule has 0 aromatic heterocycles. The molecule has 25 heavy (non-hydrogen) atoms. The van der Waals surface area contributed by atoms with Gasteiger partial charge < -0.3 is 10.1 Å². The van der Waals surface area contributed by atoms with Crippen LogP contribution in [-0.4, -0.2) is 23.7 Å². The Bertz CT molecular complexity index is 716. The minimum Gasteiger partial charge on any atom is -0.452 e. The topological polar surface area (TPSA) is 55.4 Å². The number of nitrogens with one attached hydrogen (secondary N) is 1. The summed E-state index contributed by atoms with van der Waals surface area (Å²) in [5.41, 5.74) is 2.77. The van der Waals surface area contributed by atoms with Crippen molar-refractivity contribution in [3.8, 4) is 0 Å². The van der Waals surface area contributed by atoms with E-state index in [1.807, 2.05) is 31.2 Å². The second-order valence-electron chi connectivity index (χ2n) is 5.61. The maximum Gasteiger partial charge on any atom is 0.316 e. The summed E-state index contributed by atoms with van der Waals surface area (Å²) < 4.78 is 18.0. The molecular weight excluding hydrogens is 341 g/mol. The molecule has 0 saturated carbocycles. The third kappa shape index (κ3) is 6.58. The number of amides is 1. The molecule has 0 aliphatic rings. The minimum absolute atomic E-state index is 0.169. The first-order valence-corrected chi connectivity index (χ1v) is 8.98. The van der Waals surface area contributed by atoms with Crippen LogP contribution in [-0.2, 0) is 20.1 Å². The lowest BCUT2D eigenvalue weighted by Crippen LogP contribution is -2.30. The summed E-state index contributed by atoms with van der Waals surface area (Å²) in [4.78, 5) is 23.8. The molecule has 1 atom stereocenters. The number of halogens is 1. The minimum atomic E-state index is -0.919. The van der Waals surface area contributed by atoms with Crippen LogP contribution in [0.25, 0.3) is 0 Å². The van der Waals surface area contributed by atoms with E-state index in [4.69, 9.17) is 4.74 Å². The summed E-state index contributed by atoms with van der Waals surface area (Å²) in [6.45, 7) is 3.52. The molecule has 0 heterocycles. The van der Waals surface area contributed by atoms with E-state index in [9.17, 15) is 14.0 Å². The van der Waals surface area contributed by atoms with E-state index in [0.29, 0.717) is 11.4 Å². The number of aryl methyl sites for hydroxylation is 1. The normalized spacial score (nSPS) is 11.6. The van der Waals surface area contributed by atoms with E-state index in [-0.39, 0.29) is 11.6 Å². The lowest BCUT2D eigenvalue weighted by molar-refractivity contribution is -0.150. The lowest BCUT2D eigenvalue weighted by Gasteiger charge is -2.13. The maximum absolute atomic E-state index is 12.8. The Morgan fingerprint density at radius 3 is 2.40 bits per heavy atom. The first kappa shape index (κ1) is 19.0. The van der Waals surface area contributed by atoms with Gasteiger partial charge in [0.05, 0.1) is 5.75 Å². The van der Waals surface area contributed by atoms with E-state index < -0.39 is 18.0 Å². The van der Waals surface area contributed by atoms with Crippen LogP contribution in [0, 0.1) is 12.7 Å². The molecule has 1 N–H and O–H groups in total. The molecule has 0 radical (unpaired) electrons. The smallest absolute Gasteiger partial charge is 0.316 e. The Morgan fingerprint density at radius 2 is 1.76 bits per heavy atom. The fourth-order valence-electron chi connectivity index (χ4n) is 2.00. The van der Waals surface area contributed by atoms with Gasteiger partial charge in [-0.05, 0) is 43.7 Å². The summed E-state index contributed by atoms with van der Waals surface area (Å²) >= 11 is 1.43. The zero-order valence-electron chi connectivity index (χ0n) is 14.1. The number of hydrogen-bond donors (Lipinski definition) is 1. The van der Waals surface area contributed by atoms with Crippen molar-refractivity contribution in [3.05, 3.63) is 65.5 Å². The molecule has 1 amide bonds. The summed E-state index contributed by atoms with van der Waals surface area (Å²) in [7, 11) is 0. The first-order valence-electron chi connectivity index (χ1n) is 7.83. The van der Waals surface area contributed by atoms with Gasteiger partial charge in [0.25, 0.3) is 5.91 Å². The van der Waals surface area contributed by atoms with Gasteiger partial charge in [0.15, 0.2) is 6.10 Å². The Labute approximate surface area is 150 Å². The number of hydrogen-bond acceptors (Lipinski definition) is 4. The van der Waals surface area contributed by atoms with Crippen LogP contribution in [0.15, 0.2) is 48.5 Å². The van der Waals surface area contributed by atoms with Crippen molar-refractivity contribution in [1.82, 2.24) is 0 Å². The van der Waals surface area contributed by atoms with Crippen molar-refractivity contribution in [2.45, 2.75) is 25.7 Å². The molecule has 0 unspecified atom stereocenters. The number of esters is 1. The molecule has 2 aromatic carbocycles. The molecule has 2 aromatic rings. The number of thioether (sulfide) groups is 1. The molecule has 0 spiro atoms. The molecule has 0 aliphatic heterocycles. The van der Waals surface area contributed by atoms with Gasteiger partial charge in [-0.25, -0.2) is 4.39 Å². The van der Waals surface area contributed by atoms with E-state index >= 15 is 0 Å². The zero-order valence-corrected chi connectivity index (χ0v) is 14.9. The highest BCUT2D eigenvalue weighted by atomic mass is 32.2. The van der Waals surface area contributed by atoms with Gasteiger partial charge in [0.2, 0.25) is 0 Å². The second kappa shape index (κ2) is 9.22. The SMILES string of the molecule is Cc1ccc(CSCC(=O)O[C@@H](C)C(=O)Nc2ccc(F)cc2)cc1. The van der Waals surface area contributed by atoms with Gasteiger partial charge in [0, 0.05) is 11.4 Å². The average molecular weight is 361 g/mol. The van der Waals surface area contributed by atoms with Gasteiger partial charge in [-0.15, -0.1) is 11.8 Å². The third-order valence-corrected chi connectivity index (χ3v) is 4.38. The van der Waals surface area contributed by atoms with Crippen LogP contribution >= 0.6 is 11.8 Å². The van der Waals surface area contributed by atoms with Crippen molar-refractivity contribution in [2.24, 2.45) is 0 Å². The number of benzene rings is 2. The van der Waals surface area contributed by atoms with Crippen LogP contribution < -0.4 is 5.32 Å². The van der Waals surface area contributed by atoms with Gasteiger partial charge in [-0.3, -0.25) is 9.59 Å². The maximum atomic E-state index is 12.8. The fourth-order valence-corrected chi connectivity index (χ4v) is 2.76. The van der Waals surface area contributed by atoms with Gasteiger partial charge in [-0.1, -0.05) is 29.8 Å². The first-order chi connectivity index (χ1) is 11.9. The molecule has 6 heteroatoms. The van der Waals surface area contributed by atoms with Crippen LogP contribution in [0.5, 0.6) is 0 Å². The summed E-state index contributed by atoms with van der Waals surface area (Å²) in [6.07, 6.45) is -0.919. The Balaban J connectivity index is 1.72. The largest absolute Gasteiger partial charge is 0.452 e. The zero-order chi connectivity index (χ0) is 18.2. The number of carbonyl (C=O) groups is 2. The fraction of sp³-hybridized carbons (Fsp3) is 0.263. The summed E-state index contributed by atoms with van der Waals surface area (Å²) in [5, 5.41) is 2.57. The molecule has 0 fully saturated rings. The average Bonchev–Trinajstić information content (AvgIpc) is 2.58. The van der Waals surface area contributed by atoms with Crippen molar-refractivity contribution in [2.75, 3.05) is 11.1 Å². The molecule has 2 rings (SSSR count). The molecule has 0 saturated heterocycles. The van der Waals surface area contributed by atoms with Gasteiger partial charge in [0.1, 0.15) is 5.82 Å². The number of ether oxygens (including phenoxy) is 1.